The number of imidazole rings is 1. The number of rotatable bonds is 15. The lowest BCUT2D eigenvalue weighted by molar-refractivity contribution is -0.160. The van der Waals surface area contributed by atoms with Crippen LogP contribution in [0.1, 0.15) is 59.6 Å². The van der Waals surface area contributed by atoms with Gasteiger partial charge >= 0.3 is 19.5 Å². The van der Waals surface area contributed by atoms with E-state index >= 15 is 0 Å². The molecule has 284 valence electrons. The first-order chi connectivity index (χ1) is 24.6. The zero-order valence-electron chi connectivity index (χ0n) is 29.7. The second-order valence-corrected chi connectivity index (χ2v) is 15.9. The summed E-state index contributed by atoms with van der Waals surface area (Å²) < 4.78 is 38.5. The minimum atomic E-state index is -4.20. The third-order valence-electron chi connectivity index (χ3n) is 8.56. The summed E-state index contributed by atoms with van der Waals surface area (Å²) in [5, 5.41) is 17.4. The number of benzene rings is 1. The highest BCUT2D eigenvalue weighted by Crippen LogP contribution is 2.44. The van der Waals surface area contributed by atoms with Gasteiger partial charge in [-0.3, -0.25) is 18.7 Å². The van der Waals surface area contributed by atoms with Crippen LogP contribution >= 0.6 is 19.1 Å². The van der Waals surface area contributed by atoms with Crippen LogP contribution in [0.3, 0.4) is 0 Å². The van der Waals surface area contributed by atoms with E-state index in [1.807, 2.05) is 0 Å². The van der Waals surface area contributed by atoms with Gasteiger partial charge in [0.05, 0.1) is 24.9 Å². The number of aliphatic hydroxyl groups is 1. The minimum absolute atomic E-state index is 0.0418. The third-order valence-corrected chi connectivity index (χ3v) is 10.6. The van der Waals surface area contributed by atoms with E-state index in [9.17, 15) is 24.1 Å². The highest BCUT2D eigenvalue weighted by atomic mass is 35.5. The van der Waals surface area contributed by atoms with Crippen molar-refractivity contribution in [1.82, 2.24) is 29.5 Å². The topological polar surface area (TPSA) is 222 Å². The number of hydrogen-bond donors (Lipinski definition) is 4. The Bertz CT molecular complexity index is 1770. The van der Waals surface area contributed by atoms with E-state index in [0.717, 1.165) is 25.7 Å². The van der Waals surface area contributed by atoms with E-state index in [-0.39, 0.29) is 29.3 Å². The number of aromatic nitrogens is 4. The SMILES string of the molecule is CC(C)OC(=O)[C@H](N)NP(=O)(CC(=O)N(C)C[C@H]1O[C@@H](n2cnc3c(NC4CCCC4)nc(Cl)nc32)[C@H](O)[C@@H]1OC(=O)C(C)C)Oc1ccccc1. The number of para-hydroxylation sites is 1. The van der Waals surface area contributed by atoms with Crippen LogP contribution in [-0.4, -0.2) is 104 Å². The van der Waals surface area contributed by atoms with Gasteiger partial charge in [-0.2, -0.15) is 9.97 Å². The summed E-state index contributed by atoms with van der Waals surface area (Å²) in [6.45, 7) is 6.34. The fraction of sp³-hybridized carbons (Fsp3) is 0.576. The van der Waals surface area contributed by atoms with Crippen molar-refractivity contribution in [3.8, 4) is 5.75 Å². The summed E-state index contributed by atoms with van der Waals surface area (Å²) in [6.07, 6.45) is -2.09. The van der Waals surface area contributed by atoms with E-state index in [0.29, 0.717) is 11.3 Å². The normalized spacial score (nSPS) is 22.3. The Morgan fingerprint density at radius 3 is 2.48 bits per heavy atom. The first-order valence-electron chi connectivity index (χ1n) is 17.2. The maximum atomic E-state index is 14.1. The van der Waals surface area contributed by atoms with E-state index in [1.54, 1.807) is 45.9 Å². The Balaban J connectivity index is 1.37. The molecule has 1 aromatic carbocycles. The molecule has 0 bridgehead atoms. The van der Waals surface area contributed by atoms with E-state index in [1.165, 1.54) is 35.0 Å². The Labute approximate surface area is 306 Å². The summed E-state index contributed by atoms with van der Waals surface area (Å²) in [5.74, 6) is -2.09. The number of ether oxygens (including phenoxy) is 3. The highest BCUT2D eigenvalue weighted by Gasteiger charge is 2.49. The third kappa shape index (κ3) is 9.57. The number of likely N-dealkylation sites (N-methyl/N-ethyl adjacent to an activating group) is 1. The molecule has 5 rings (SSSR count). The number of esters is 2. The Kier molecular flexibility index (Phi) is 12.8. The van der Waals surface area contributed by atoms with Gasteiger partial charge in [0.1, 0.15) is 24.1 Å². The summed E-state index contributed by atoms with van der Waals surface area (Å²) in [6, 6.07) is 8.30. The zero-order valence-corrected chi connectivity index (χ0v) is 31.3. The maximum Gasteiger partial charge on any atom is 0.338 e. The standard InChI is InChI=1S/C33H46ClN8O9P/c1-18(2)31(45)50-26-22(49-30(25(26)44)42-17-36-24-28(37-20-11-9-10-12-20)38-33(34)39-29(24)42)15-41(5)23(43)16-52(47,51-21-13-7-6-8-14-21)40-27(35)32(46)48-19(3)4/h6-8,13-14,17-20,22,25-27,30,44H,9-12,15-16,35H2,1-5H3,(H,40,47)(H,37,38,39)/t22-,25-,26-,27-,30-,52?/m1/s1. The number of fused-ring (bicyclic) bond motifs is 1. The highest BCUT2D eigenvalue weighted by molar-refractivity contribution is 7.58. The van der Waals surface area contributed by atoms with Crippen LogP contribution in [0, 0.1) is 5.92 Å². The molecule has 2 fully saturated rings. The molecule has 1 aliphatic carbocycles. The number of nitrogens with zero attached hydrogens (tertiary/aromatic N) is 5. The zero-order chi connectivity index (χ0) is 37.7. The summed E-state index contributed by atoms with van der Waals surface area (Å²) >= 11 is 6.33. The van der Waals surface area contributed by atoms with Gasteiger partial charge in [0.15, 0.2) is 35.5 Å². The van der Waals surface area contributed by atoms with Gasteiger partial charge in [-0.15, -0.1) is 0 Å². The number of hydrogen-bond acceptors (Lipinski definition) is 14. The Morgan fingerprint density at radius 1 is 1.13 bits per heavy atom. The van der Waals surface area contributed by atoms with E-state index < -0.39 is 74.3 Å². The smallest absolute Gasteiger partial charge is 0.338 e. The lowest BCUT2D eigenvalue weighted by Crippen LogP contribution is -2.47. The molecule has 0 radical (unpaired) electrons. The molecule has 1 amide bonds. The molecular weight excluding hydrogens is 719 g/mol. The predicted octanol–water partition coefficient (Wildman–Crippen LogP) is 3.22. The molecule has 6 atom stereocenters. The summed E-state index contributed by atoms with van der Waals surface area (Å²) in [5.41, 5.74) is 6.66. The molecule has 52 heavy (non-hydrogen) atoms. The molecule has 5 N–H and O–H groups in total. The molecule has 19 heteroatoms. The summed E-state index contributed by atoms with van der Waals surface area (Å²) in [7, 11) is -2.78. The van der Waals surface area contributed by atoms with Crippen molar-refractivity contribution < 1.29 is 42.8 Å². The number of anilines is 1. The first-order valence-corrected chi connectivity index (χ1v) is 19.3. The molecular formula is C33H46ClN8O9P. The number of halogens is 1. The molecule has 2 aromatic heterocycles. The molecule has 1 saturated carbocycles. The van der Waals surface area contributed by atoms with Crippen molar-refractivity contribution in [3.05, 3.63) is 41.9 Å². The molecule has 3 aromatic rings. The molecule has 17 nitrogen and oxygen atoms in total. The van der Waals surface area contributed by atoms with E-state index in [2.05, 4.69) is 25.4 Å². The Hall–Kier alpha value is -3.86. The number of nitrogens with one attached hydrogen (secondary N) is 2. The minimum Gasteiger partial charge on any atom is -0.461 e. The van der Waals surface area contributed by atoms with Gasteiger partial charge < -0.3 is 39.8 Å². The van der Waals surface area contributed by atoms with Crippen molar-refractivity contribution in [2.75, 3.05) is 25.1 Å². The average Bonchev–Trinajstić information content (AvgIpc) is 3.81. The Morgan fingerprint density at radius 2 is 1.83 bits per heavy atom. The average molecular weight is 765 g/mol. The van der Waals surface area contributed by atoms with Gasteiger partial charge in [-0.1, -0.05) is 44.9 Å². The number of nitrogens with two attached hydrogens (primary N) is 1. The van der Waals surface area contributed by atoms with Crippen molar-refractivity contribution in [2.24, 2.45) is 11.7 Å². The van der Waals surface area contributed by atoms with Crippen molar-refractivity contribution in [3.63, 3.8) is 0 Å². The van der Waals surface area contributed by atoms with Gasteiger partial charge in [0.25, 0.3) is 0 Å². The fourth-order valence-electron chi connectivity index (χ4n) is 5.95. The van der Waals surface area contributed by atoms with Gasteiger partial charge in [-0.25, -0.2) is 14.9 Å². The molecule has 0 spiro atoms. The van der Waals surface area contributed by atoms with Crippen LogP contribution in [-0.2, 0) is 33.2 Å². The van der Waals surface area contributed by atoms with E-state index in [4.69, 9.17) is 36.1 Å². The van der Waals surface area contributed by atoms with Crippen molar-refractivity contribution in [1.29, 1.82) is 0 Å². The molecule has 1 aliphatic heterocycles. The molecule has 1 unspecified atom stereocenters. The maximum absolute atomic E-state index is 14.1. The molecule has 3 heterocycles. The van der Waals surface area contributed by atoms with Crippen LogP contribution in [0.5, 0.6) is 5.75 Å². The quantitative estimate of drug-likeness (QED) is 0.0755. The number of carbonyl (C=O) groups excluding carboxylic acids is 3. The van der Waals surface area contributed by atoms with Crippen LogP contribution in [0.25, 0.3) is 11.2 Å². The monoisotopic (exact) mass is 764 g/mol. The first kappa shape index (κ1) is 39.3. The fourth-order valence-corrected chi connectivity index (χ4v) is 7.91. The summed E-state index contributed by atoms with van der Waals surface area (Å²) in [4.78, 5) is 53.4. The van der Waals surface area contributed by atoms with Crippen LogP contribution in [0.2, 0.25) is 5.28 Å². The van der Waals surface area contributed by atoms with Crippen LogP contribution in [0.4, 0.5) is 5.82 Å². The molecule has 2 aliphatic rings. The lowest BCUT2D eigenvalue weighted by atomic mass is 10.1. The van der Waals surface area contributed by atoms with Crippen LogP contribution < -0.4 is 20.7 Å². The van der Waals surface area contributed by atoms with Gasteiger partial charge in [-0.05, 0) is 50.4 Å². The predicted molar refractivity (Wildman–Crippen MR) is 190 cm³/mol. The molecule has 1 saturated heterocycles. The van der Waals surface area contributed by atoms with Crippen molar-refractivity contribution >= 4 is 53.9 Å². The number of aliphatic hydroxyl groups excluding tert-OH is 1. The van der Waals surface area contributed by atoms with Crippen molar-refractivity contribution in [2.45, 2.75) is 96.2 Å². The lowest BCUT2D eigenvalue weighted by Gasteiger charge is -2.28. The second kappa shape index (κ2) is 16.9. The number of carbonyl (C=O) groups is 3. The van der Waals surface area contributed by atoms with Gasteiger partial charge in [0.2, 0.25) is 11.2 Å². The number of amides is 1. The van der Waals surface area contributed by atoms with Gasteiger partial charge in [0, 0.05) is 13.1 Å². The largest absolute Gasteiger partial charge is 0.461 e. The second-order valence-electron chi connectivity index (χ2n) is 13.5. The van der Waals surface area contributed by atoms with Crippen LogP contribution in [0.15, 0.2) is 36.7 Å².